The lowest BCUT2D eigenvalue weighted by atomic mass is 10.1. The van der Waals surface area contributed by atoms with E-state index >= 15 is 0 Å². The minimum atomic E-state index is -3.71. The Morgan fingerprint density at radius 1 is 1.14 bits per heavy atom. The van der Waals surface area contributed by atoms with Gasteiger partial charge in [0.05, 0.1) is 35.8 Å². The minimum absolute atomic E-state index is 0.00181. The van der Waals surface area contributed by atoms with Gasteiger partial charge in [0.2, 0.25) is 0 Å². The van der Waals surface area contributed by atoms with Crippen molar-refractivity contribution < 1.29 is 26.8 Å². The molecule has 146 valence electrons. The van der Waals surface area contributed by atoms with E-state index < -0.39 is 15.8 Å². The molecule has 0 N–H and O–H groups in total. The molecule has 0 unspecified atom stereocenters. The molecule has 0 aliphatic heterocycles. The monoisotopic (exact) mass is 402 g/mol. The standard InChI is InChI=1S/C15H14O5S.C6H5F/c1-3-9-21(17,18)14-12(11-7-8-20-10-11)5-4-6-13(14)15(16)19-2;7-6-4-2-1-3-5-6/h3-8,10H,1,9H2,2H3;1-5H. The van der Waals surface area contributed by atoms with Gasteiger partial charge in [-0.15, -0.1) is 6.58 Å². The van der Waals surface area contributed by atoms with Crippen LogP contribution in [0.2, 0.25) is 0 Å². The molecule has 0 amide bonds. The summed E-state index contributed by atoms with van der Waals surface area (Å²) in [5.41, 5.74) is 0.968. The van der Waals surface area contributed by atoms with Crippen LogP contribution in [0.15, 0.2) is 89.1 Å². The van der Waals surface area contributed by atoms with Gasteiger partial charge < -0.3 is 9.15 Å². The summed E-state index contributed by atoms with van der Waals surface area (Å²) in [5, 5.41) is 0. The van der Waals surface area contributed by atoms with Gasteiger partial charge in [-0.25, -0.2) is 17.6 Å². The summed E-state index contributed by atoms with van der Waals surface area (Å²) in [6, 6.07) is 14.2. The molecular formula is C21H19FO5S. The Labute approximate surface area is 163 Å². The SMILES string of the molecule is C=CCS(=O)(=O)c1c(C(=O)OC)cccc1-c1ccoc1.Fc1ccccc1. The average Bonchev–Trinajstić information content (AvgIpc) is 3.22. The highest BCUT2D eigenvalue weighted by Gasteiger charge is 2.26. The first-order chi connectivity index (χ1) is 13.4. The second-order valence-electron chi connectivity index (χ2n) is 5.55. The molecule has 0 aliphatic rings. The molecule has 1 heterocycles. The first-order valence-electron chi connectivity index (χ1n) is 8.18. The first kappa shape index (κ1) is 21.1. The van der Waals surface area contributed by atoms with Crippen LogP contribution in [0.5, 0.6) is 0 Å². The summed E-state index contributed by atoms with van der Waals surface area (Å²) in [7, 11) is -2.51. The van der Waals surface area contributed by atoms with Crippen molar-refractivity contribution in [3.63, 3.8) is 0 Å². The normalized spacial score (nSPS) is 10.5. The molecule has 3 aromatic rings. The molecule has 0 saturated carbocycles. The molecule has 28 heavy (non-hydrogen) atoms. The van der Waals surface area contributed by atoms with Gasteiger partial charge in [-0.3, -0.25) is 0 Å². The molecule has 1 aromatic heterocycles. The second kappa shape index (κ2) is 9.66. The Bertz CT molecular complexity index is 1030. The molecule has 5 nitrogen and oxygen atoms in total. The number of methoxy groups -OCH3 is 1. The maximum Gasteiger partial charge on any atom is 0.339 e. The van der Waals surface area contributed by atoms with E-state index in [2.05, 4.69) is 11.3 Å². The van der Waals surface area contributed by atoms with E-state index in [1.165, 1.54) is 43.9 Å². The number of hydrogen-bond donors (Lipinski definition) is 0. The zero-order valence-corrected chi connectivity index (χ0v) is 16.0. The number of halogens is 1. The Morgan fingerprint density at radius 2 is 1.86 bits per heavy atom. The van der Waals surface area contributed by atoms with Gasteiger partial charge in [0.25, 0.3) is 0 Å². The van der Waals surface area contributed by atoms with E-state index in [1.54, 1.807) is 36.4 Å². The zero-order chi connectivity index (χ0) is 20.6. The van der Waals surface area contributed by atoms with Crippen LogP contribution >= 0.6 is 0 Å². The van der Waals surface area contributed by atoms with Crippen molar-refractivity contribution in [1.29, 1.82) is 0 Å². The Hall–Kier alpha value is -3.19. The summed E-state index contributed by atoms with van der Waals surface area (Å²) < 4.78 is 46.5. The number of rotatable bonds is 5. The average molecular weight is 402 g/mol. The Balaban J connectivity index is 0.000000336. The van der Waals surface area contributed by atoms with Crippen molar-refractivity contribution in [1.82, 2.24) is 0 Å². The smallest absolute Gasteiger partial charge is 0.339 e. The van der Waals surface area contributed by atoms with Gasteiger partial charge in [0.1, 0.15) is 5.82 Å². The van der Waals surface area contributed by atoms with E-state index in [0.717, 1.165) is 0 Å². The third-order valence-electron chi connectivity index (χ3n) is 3.63. The van der Waals surface area contributed by atoms with Crippen molar-refractivity contribution >= 4 is 15.8 Å². The third-order valence-corrected chi connectivity index (χ3v) is 5.37. The molecule has 7 heteroatoms. The number of esters is 1. The highest BCUT2D eigenvalue weighted by Crippen LogP contribution is 2.31. The molecule has 0 spiro atoms. The second-order valence-corrected chi connectivity index (χ2v) is 7.52. The molecule has 0 radical (unpaired) electrons. The van der Waals surface area contributed by atoms with E-state index in [9.17, 15) is 17.6 Å². The predicted octanol–water partition coefficient (Wildman–Crippen LogP) is 4.52. The van der Waals surface area contributed by atoms with Crippen molar-refractivity contribution in [3.05, 3.63) is 91.2 Å². The van der Waals surface area contributed by atoms with Crippen LogP contribution in [0.1, 0.15) is 10.4 Å². The van der Waals surface area contributed by atoms with Crippen LogP contribution in [0.4, 0.5) is 4.39 Å². The van der Waals surface area contributed by atoms with Gasteiger partial charge >= 0.3 is 5.97 Å². The van der Waals surface area contributed by atoms with E-state index in [1.807, 2.05) is 0 Å². The number of carbonyl (C=O) groups excluding carboxylic acids is 1. The lowest BCUT2D eigenvalue weighted by Crippen LogP contribution is -2.14. The fraction of sp³-hybridized carbons (Fsp3) is 0.0952. The van der Waals surface area contributed by atoms with Crippen molar-refractivity contribution in [3.8, 4) is 11.1 Å². The lowest BCUT2D eigenvalue weighted by Gasteiger charge is -2.12. The van der Waals surface area contributed by atoms with Gasteiger partial charge in [-0.2, -0.15) is 0 Å². The molecule has 0 fully saturated rings. The molecule has 2 aromatic carbocycles. The number of hydrogen-bond acceptors (Lipinski definition) is 5. The topological polar surface area (TPSA) is 73.6 Å². The number of ether oxygens (including phenoxy) is 1. The van der Waals surface area contributed by atoms with Crippen LogP contribution in [-0.4, -0.2) is 27.2 Å². The molecule has 0 bridgehead atoms. The van der Waals surface area contributed by atoms with Crippen molar-refractivity contribution in [2.24, 2.45) is 0 Å². The van der Waals surface area contributed by atoms with Crippen LogP contribution in [0, 0.1) is 5.82 Å². The van der Waals surface area contributed by atoms with E-state index in [0.29, 0.717) is 11.1 Å². The summed E-state index contributed by atoms with van der Waals surface area (Å²) in [5.74, 6) is -1.16. The number of carbonyl (C=O) groups is 1. The van der Waals surface area contributed by atoms with Gasteiger partial charge in [0, 0.05) is 11.1 Å². The van der Waals surface area contributed by atoms with Crippen LogP contribution < -0.4 is 0 Å². The maximum absolute atomic E-state index is 12.5. The molecule has 0 aliphatic carbocycles. The summed E-state index contributed by atoms with van der Waals surface area (Å²) in [6.45, 7) is 3.44. The molecule has 3 rings (SSSR count). The summed E-state index contributed by atoms with van der Waals surface area (Å²) in [4.78, 5) is 11.8. The molecular weight excluding hydrogens is 383 g/mol. The zero-order valence-electron chi connectivity index (χ0n) is 15.2. The Morgan fingerprint density at radius 3 is 2.36 bits per heavy atom. The van der Waals surface area contributed by atoms with Crippen molar-refractivity contribution in [2.75, 3.05) is 12.9 Å². The van der Waals surface area contributed by atoms with Crippen LogP contribution in [-0.2, 0) is 14.6 Å². The number of furan rings is 1. The summed E-state index contributed by atoms with van der Waals surface area (Å²) >= 11 is 0. The lowest BCUT2D eigenvalue weighted by molar-refractivity contribution is 0.0596. The van der Waals surface area contributed by atoms with E-state index in [-0.39, 0.29) is 22.0 Å². The van der Waals surface area contributed by atoms with Crippen molar-refractivity contribution in [2.45, 2.75) is 4.90 Å². The molecule has 0 atom stereocenters. The van der Waals surface area contributed by atoms with E-state index in [4.69, 9.17) is 4.42 Å². The fourth-order valence-corrected chi connectivity index (χ4v) is 3.93. The largest absolute Gasteiger partial charge is 0.472 e. The first-order valence-corrected chi connectivity index (χ1v) is 9.84. The van der Waals surface area contributed by atoms with Crippen LogP contribution in [0.25, 0.3) is 11.1 Å². The molecule has 0 saturated heterocycles. The fourth-order valence-electron chi connectivity index (χ4n) is 2.44. The highest BCUT2D eigenvalue weighted by molar-refractivity contribution is 7.91. The maximum atomic E-state index is 12.5. The third kappa shape index (κ3) is 5.17. The minimum Gasteiger partial charge on any atom is -0.472 e. The van der Waals surface area contributed by atoms with Gasteiger partial charge in [0.15, 0.2) is 9.84 Å². The Kier molecular flexibility index (Phi) is 7.28. The quantitative estimate of drug-likeness (QED) is 0.463. The van der Waals surface area contributed by atoms with Gasteiger partial charge in [-0.1, -0.05) is 36.4 Å². The number of sulfone groups is 1. The predicted molar refractivity (Wildman–Crippen MR) is 104 cm³/mol. The van der Waals surface area contributed by atoms with Crippen LogP contribution in [0.3, 0.4) is 0 Å². The number of benzene rings is 2. The highest BCUT2D eigenvalue weighted by atomic mass is 32.2. The van der Waals surface area contributed by atoms with Gasteiger partial charge in [-0.05, 0) is 24.3 Å². The summed E-state index contributed by atoms with van der Waals surface area (Å²) in [6.07, 6.45) is 4.13.